The summed E-state index contributed by atoms with van der Waals surface area (Å²) < 4.78 is 27.9. The Balaban J connectivity index is 2.77. The molecule has 0 radical (unpaired) electrons. The fourth-order valence-electron chi connectivity index (χ4n) is 3.81. The van der Waals surface area contributed by atoms with Crippen LogP contribution < -0.4 is 14.2 Å². The minimum atomic E-state index is -0.709. The second kappa shape index (κ2) is 12.2. The molecule has 2 aromatic rings. The first-order valence-corrected chi connectivity index (χ1v) is 11.4. The van der Waals surface area contributed by atoms with Crippen molar-refractivity contribution in [2.75, 3.05) is 21.3 Å². The van der Waals surface area contributed by atoms with Gasteiger partial charge in [-0.1, -0.05) is 20.8 Å². The molecule has 8 nitrogen and oxygen atoms in total. The molecule has 0 amide bonds. The molecule has 0 aliphatic heterocycles. The average Bonchev–Trinajstić information content (AvgIpc) is 2.82. The molecule has 0 bridgehead atoms. The number of hydrogen-bond acceptors (Lipinski definition) is 8. The van der Waals surface area contributed by atoms with Crippen molar-refractivity contribution in [1.82, 2.24) is 0 Å². The molecule has 2 aromatic carbocycles. The van der Waals surface area contributed by atoms with Crippen molar-refractivity contribution < 1.29 is 38.1 Å². The summed E-state index contributed by atoms with van der Waals surface area (Å²) in [7, 11) is 4.13. The van der Waals surface area contributed by atoms with Crippen LogP contribution in [0.5, 0.6) is 23.0 Å². The van der Waals surface area contributed by atoms with Gasteiger partial charge >= 0.3 is 11.9 Å². The second-order valence-corrected chi connectivity index (χ2v) is 8.50. The lowest BCUT2D eigenvalue weighted by Gasteiger charge is -2.24. The molecular weight excluding hydrogens is 452 g/mol. The first-order valence-electron chi connectivity index (χ1n) is 11.4. The molecule has 1 atom stereocenters. The maximum atomic E-state index is 12.9. The quantitative estimate of drug-likeness (QED) is 0.289. The van der Waals surface area contributed by atoms with Gasteiger partial charge in [0.05, 0.1) is 26.9 Å². The van der Waals surface area contributed by atoms with E-state index in [0.717, 1.165) is 5.56 Å². The fourth-order valence-corrected chi connectivity index (χ4v) is 3.81. The molecule has 0 fully saturated rings. The summed E-state index contributed by atoms with van der Waals surface area (Å²) in [6.45, 7) is 8.92. The topological polar surface area (TPSA) is 97.4 Å². The normalized spacial score (nSPS) is 11.6. The second-order valence-electron chi connectivity index (χ2n) is 8.50. The van der Waals surface area contributed by atoms with Crippen LogP contribution in [0.15, 0.2) is 24.3 Å². The van der Waals surface area contributed by atoms with Crippen molar-refractivity contribution in [3.8, 4) is 23.0 Å². The molecule has 2 rings (SSSR count). The fraction of sp³-hybridized carbons (Fsp3) is 0.444. The van der Waals surface area contributed by atoms with Gasteiger partial charge in [-0.2, -0.15) is 0 Å². The van der Waals surface area contributed by atoms with E-state index in [1.54, 1.807) is 31.2 Å². The lowest BCUT2D eigenvalue weighted by atomic mass is 9.96. The number of ether oxygens (including phenoxy) is 5. The van der Waals surface area contributed by atoms with Crippen LogP contribution in [0.3, 0.4) is 0 Å². The van der Waals surface area contributed by atoms with Crippen LogP contribution in [0.4, 0.5) is 0 Å². The van der Waals surface area contributed by atoms with E-state index in [-0.39, 0.29) is 40.9 Å². The van der Waals surface area contributed by atoms with E-state index in [2.05, 4.69) is 0 Å². The molecule has 35 heavy (non-hydrogen) atoms. The number of carbonyl (C=O) groups excluding carboxylic acids is 3. The Bertz CT molecular complexity index is 1090. The van der Waals surface area contributed by atoms with Crippen LogP contribution in [-0.4, -0.2) is 39.1 Å². The lowest BCUT2D eigenvalue weighted by molar-refractivity contribution is -0.147. The van der Waals surface area contributed by atoms with Crippen molar-refractivity contribution in [3.63, 3.8) is 0 Å². The van der Waals surface area contributed by atoms with Gasteiger partial charge in [0.2, 0.25) is 0 Å². The SMILES string of the molecule is CCC(=O)c1cc(C)cc(OC)c1Oc1ccc(C(CC(C)C)OC(C)=O)c(OC)c1C(=O)OC. The van der Waals surface area contributed by atoms with Gasteiger partial charge in [-0.15, -0.1) is 0 Å². The van der Waals surface area contributed by atoms with E-state index < -0.39 is 18.0 Å². The molecule has 8 heteroatoms. The molecule has 0 heterocycles. The molecule has 0 saturated carbocycles. The largest absolute Gasteiger partial charge is 0.495 e. The van der Waals surface area contributed by atoms with Crippen LogP contribution in [0.25, 0.3) is 0 Å². The summed E-state index contributed by atoms with van der Waals surface area (Å²) in [6, 6.07) is 6.70. The van der Waals surface area contributed by atoms with Crippen LogP contribution in [0.2, 0.25) is 0 Å². The smallest absolute Gasteiger partial charge is 0.345 e. The highest BCUT2D eigenvalue weighted by Gasteiger charge is 2.30. The zero-order valence-corrected chi connectivity index (χ0v) is 21.6. The molecule has 0 spiro atoms. The minimum absolute atomic E-state index is 0.00549. The molecule has 1 unspecified atom stereocenters. The van der Waals surface area contributed by atoms with Crippen molar-refractivity contribution in [1.29, 1.82) is 0 Å². The zero-order chi connectivity index (χ0) is 26.3. The zero-order valence-electron chi connectivity index (χ0n) is 21.6. The number of Topliss-reactive ketones (excluding diaryl/α,β-unsaturated/α-hetero) is 1. The Labute approximate surface area is 206 Å². The number of esters is 2. The van der Waals surface area contributed by atoms with E-state index in [9.17, 15) is 14.4 Å². The first kappa shape index (κ1) is 27.7. The molecule has 0 N–H and O–H groups in total. The van der Waals surface area contributed by atoms with E-state index in [1.165, 1.54) is 28.3 Å². The van der Waals surface area contributed by atoms with Gasteiger partial charge in [-0.05, 0) is 49.1 Å². The number of hydrogen-bond donors (Lipinski definition) is 0. The lowest BCUT2D eigenvalue weighted by Crippen LogP contribution is -2.15. The average molecular weight is 487 g/mol. The summed E-state index contributed by atoms with van der Waals surface area (Å²) in [5.41, 5.74) is 1.67. The van der Waals surface area contributed by atoms with Crippen LogP contribution in [0.1, 0.15) is 78.5 Å². The van der Waals surface area contributed by atoms with Gasteiger partial charge in [0.1, 0.15) is 23.2 Å². The third kappa shape index (κ3) is 6.53. The predicted octanol–water partition coefficient (Wildman–Crippen LogP) is 5.83. The predicted molar refractivity (Wildman–Crippen MR) is 131 cm³/mol. The Kier molecular flexibility index (Phi) is 9.68. The molecule has 0 aliphatic carbocycles. The van der Waals surface area contributed by atoms with E-state index in [0.29, 0.717) is 23.3 Å². The third-order valence-corrected chi connectivity index (χ3v) is 5.34. The number of aryl methyl sites for hydroxylation is 1. The highest BCUT2D eigenvalue weighted by atomic mass is 16.5. The Morgan fingerprint density at radius 2 is 1.63 bits per heavy atom. The molecule has 190 valence electrons. The third-order valence-electron chi connectivity index (χ3n) is 5.34. The number of rotatable bonds is 11. The number of methoxy groups -OCH3 is 3. The minimum Gasteiger partial charge on any atom is -0.495 e. The maximum absolute atomic E-state index is 12.9. The van der Waals surface area contributed by atoms with Gasteiger partial charge in [-0.3, -0.25) is 9.59 Å². The van der Waals surface area contributed by atoms with Gasteiger partial charge in [0, 0.05) is 18.9 Å². The summed E-state index contributed by atoms with van der Waals surface area (Å²) in [5, 5.41) is 0. The number of ketones is 1. The summed E-state index contributed by atoms with van der Waals surface area (Å²) >= 11 is 0. The molecular formula is C27H34O8. The van der Waals surface area contributed by atoms with Gasteiger partial charge in [-0.25, -0.2) is 4.79 Å². The van der Waals surface area contributed by atoms with Crippen molar-refractivity contribution >= 4 is 17.7 Å². The van der Waals surface area contributed by atoms with E-state index >= 15 is 0 Å². The van der Waals surface area contributed by atoms with Crippen LogP contribution in [0, 0.1) is 12.8 Å². The monoisotopic (exact) mass is 486 g/mol. The summed E-state index contributed by atoms with van der Waals surface area (Å²) in [5.74, 6) is -0.310. The highest BCUT2D eigenvalue weighted by Crippen LogP contribution is 2.43. The van der Waals surface area contributed by atoms with Crippen molar-refractivity contribution in [3.05, 3.63) is 46.5 Å². The van der Waals surface area contributed by atoms with Crippen LogP contribution in [-0.2, 0) is 14.3 Å². The highest BCUT2D eigenvalue weighted by molar-refractivity contribution is 6.00. The molecule has 0 aromatic heterocycles. The summed E-state index contributed by atoms with van der Waals surface area (Å²) in [4.78, 5) is 37.4. The Hall–Kier alpha value is -3.55. The molecule has 0 aliphatic rings. The van der Waals surface area contributed by atoms with Crippen molar-refractivity contribution in [2.45, 2.75) is 53.6 Å². The standard InChI is InChI=1S/C27H34O8/c1-9-20(29)19-13-16(4)14-23(31-6)25(19)35-21-11-10-18(22(12-15(2)3)34-17(5)28)26(32-7)24(21)27(30)33-8/h10-11,13-15,22H,9,12H2,1-8H3. The number of carbonyl (C=O) groups is 3. The maximum Gasteiger partial charge on any atom is 0.345 e. The van der Waals surface area contributed by atoms with Gasteiger partial charge in [0.25, 0.3) is 0 Å². The van der Waals surface area contributed by atoms with Crippen molar-refractivity contribution in [2.24, 2.45) is 5.92 Å². The Morgan fingerprint density at radius 3 is 2.14 bits per heavy atom. The summed E-state index contributed by atoms with van der Waals surface area (Å²) in [6.07, 6.45) is 0.123. The van der Waals surface area contributed by atoms with E-state index in [4.69, 9.17) is 23.7 Å². The first-order chi connectivity index (χ1) is 16.6. The van der Waals surface area contributed by atoms with Crippen LogP contribution >= 0.6 is 0 Å². The van der Waals surface area contributed by atoms with Gasteiger partial charge in [0.15, 0.2) is 17.3 Å². The molecule has 0 saturated heterocycles. The van der Waals surface area contributed by atoms with E-state index in [1.807, 2.05) is 20.8 Å². The number of benzene rings is 2. The van der Waals surface area contributed by atoms with Gasteiger partial charge < -0.3 is 23.7 Å². The Morgan fingerprint density at radius 1 is 0.943 bits per heavy atom.